The topological polar surface area (TPSA) is 70.7 Å². The molecular weight excluding hydrogens is 294 g/mol. The molecule has 0 aliphatic rings. The largest absolute Gasteiger partial charge is 0.493 e. The Balaban J connectivity index is 2.36. The molecule has 23 heavy (non-hydrogen) atoms. The fourth-order valence-corrected chi connectivity index (χ4v) is 1.76. The molecule has 0 fully saturated rings. The number of anilines is 1. The molecule has 0 radical (unpaired) electrons. The number of carbonyl (C=O) groups excluding carboxylic acids is 2. The number of hydrogen-bond donors (Lipinski definition) is 2. The van der Waals surface area contributed by atoms with E-state index in [-0.39, 0.29) is 0 Å². The van der Waals surface area contributed by atoms with Crippen LogP contribution in [-0.4, -0.2) is 50.5 Å². The van der Waals surface area contributed by atoms with Gasteiger partial charge in [-0.05, 0) is 57.2 Å². The van der Waals surface area contributed by atoms with E-state index < -0.39 is 11.8 Å². The van der Waals surface area contributed by atoms with Crippen molar-refractivity contribution in [1.82, 2.24) is 10.2 Å². The van der Waals surface area contributed by atoms with Gasteiger partial charge < -0.3 is 20.3 Å². The second kappa shape index (κ2) is 9.84. The average Bonchev–Trinajstić information content (AvgIpc) is 2.50. The molecule has 1 aromatic carbocycles. The van der Waals surface area contributed by atoms with Crippen molar-refractivity contribution in [1.29, 1.82) is 0 Å². The Bertz CT molecular complexity index is 498. The number of hydrogen-bond acceptors (Lipinski definition) is 4. The highest BCUT2D eigenvalue weighted by Gasteiger charge is 2.12. The van der Waals surface area contributed by atoms with E-state index in [1.807, 2.05) is 19.0 Å². The van der Waals surface area contributed by atoms with E-state index in [1.54, 1.807) is 24.3 Å². The van der Waals surface area contributed by atoms with Crippen LogP contribution in [0.25, 0.3) is 0 Å². The van der Waals surface area contributed by atoms with Gasteiger partial charge >= 0.3 is 11.8 Å². The molecule has 128 valence electrons. The zero-order valence-electron chi connectivity index (χ0n) is 14.4. The molecule has 0 aliphatic heterocycles. The lowest BCUT2D eigenvalue weighted by atomic mass is 10.2. The number of benzene rings is 1. The molecule has 0 spiro atoms. The first-order valence-electron chi connectivity index (χ1n) is 7.85. The summed E-state index contributed by atoms with van der Waals surface area (Å²) in [5.41, 5.74) is 0.565. The molecule has 1 rings (SSSR count). The lowest BCUT2D eigenvalue weighted by Gasteiger charge is -2.11. The van der Waals surface area contributed by atoms with E-state index >= 15 is 0 Å². The Morgan fingerprint density at radius 3 is 2.35 bits per heavy atom. The van der Waals surface area contributed by atoms with Crippen LogP contribution in [0.4, 0.5) is 5.69 Å². The number of carbonyl (C=O) groups is 2. The Morgan fingerprint density at radius 2 is 1.78 bits per heavy atom. The summed E-state index contributed by atoms with van der Waals surface area (Å²) in [4.78, 5) is 25.5. The van der Waals surface area contributed by atoms with Gasteiger partial charge in [-0.1, -0.05) is 13.8 Å². The van der Waals surface area contributed by atoms with Crippen molar-refractivity contribution in [2.75, 3.05) is 39.1 Å². The number of rotatable bonds is 8. The van der Waals surface area contributed by atoms with Gasteiger partial charge in [-0.2, -0.15) is 0 Å². The third kappa shape index (κ3) is 8.21. The minimum atomic E-state index is -0.661. The predicted octanol–water partition coefficient (Wildman–Crippen LogP) is 1.73. The van der Waals surface area contributed by atoms with Gasteiger partial charge in [0.05, 0.1) is 6.61 Å². The molecule has 0 unspecified atom stereocenters. The smallest absolute Gasteiger partial charge is 0.313 e. The number of nitrogens with zero attached hydrogens (tertiary/aromatic N) is 1. The van der Waals surface area contributed by atoms with Gasteiger partial charge in [-0.25, -0.2) is 0 Å². The highest BCUT2D eigenvalue weighted by Crippen LogP contribution is 2.16. The van der Waals surface area contributed by atoms with Crippen LogP contribution in [0.5, 0.6) is 5.75 Å². The standard InChI is InChI=1S/C17H27N3O3/c1-13(2)12-23-15-8-6-14(7-9-15)19-17(22)16(21)18-10-5-11-20(3)4/h6-9,13H,5,10-12H2,1-4H3,(H,18,21)(H,19,22). The third-order valence-corrected chi connectivity index (χ3v) is 2.97. The lowest BCUT2D eigenvalue weighted by Crippen LogP contribution is -2.36. The van der Waals surface area contributed by atoms with Gasteiger partial charge in [-0.15, -0.1) is 0 Å². The third-order valence-electron chi connectivity index (χ3n) is 2.97. The van der Waals surface area contributed by atoms with Crippen molar-refractivity contribution in [3.63, 3.8) is 0 Å². The molecule has 0 heterocycles. The second-order valence-electron chi connectivity index (χ2n) is 6.10. The first-order chi connectivity index (χ1) is 10.9. The maximum absolute atomic E-state index is 11.8. The van der Waals surface area contributed by atoms with E-state index in [1.165, 1.54) is 0 Å². The second-order valence-corrected chi connectivity index (χ2v) is 6.10. The summed E-state index contributed by atoms with van der Waals surface area (Å²) in [7, 11) is 3.92. The lowest BCUT2D eigenvalue weighted by molar-refractivity contribution is -0.136. The molecule has 2 amide bonds. The van der Waals surface area contributed by atoms with Crippen LogP contribution < -0.4 is 15.4 Å². The molecule has 6 heteroatoms. The van der Waals surface area contributed by atoms with Crippen molar-refractivity contribution < 1.29 is 14.3 Å². The highest BCUT2D eigenvalue weighted by atomic mass is 16.5. The van der Waals surface area contributed by atoms with Gasteiger partial charge in [0.25, 0.3) is 0 Å². The van der Waals surface area contributed by atoms with Crippen LogP contribution in [0.3, 0.4) is 0 Å². The number of nitrogens with one attached hydrogen (secondary N) is 2. The van der Waals surface area contributed by atoms with Crippen molar-refractivity contribution in [2.24, 2.45) is 5.92 Å². The van der Waals surface area contributed by atoms with Crippen LogP contribution in [0.2, 0.25) is 0 Å². The molecule has 0 aliphatic carbocycles. The van der Waals surface area contributed by atoms with Crippen LogP contribution in [0.1, 0.15) is 20.3 Å². The zero-order chi connectivity index (χ0) is 17.2. The van der Waals surface area contributed by atoms with Crippen LogP contribution in [0.15, 0.2) is 24.3 Å². The Labute approximate surface area is 138 Å². The van der Waals surface area contributed by atoms with E-state index in [0.717, 1.165) is 18.7 Å². The molecule has 0 aromatic heterocycles. The molecule has 0 saturated carbocycles. The average molecular weight is 321 g/mol. The van der Waals surface area contributed by atoms with Gasteiger partial charge in [0.1, 0.15) is 5.75 Å². The van der Waals surface area contributed by atoms with Crippen molar-refractivity contribution in [3.05, 3.63) is 24.3 Å². The van der Waals surface area contributed by atoms with Crippen molar-refractivity contribution in [2.45, 2.75) is 20.3 Å². The molecule has 1 aromatic rings. The molecule has 0 saturated heterocycles. The zero-order valence-corrected chi connectivity index (χ0v) is 14.4. The van der Waals surface area contributed by atoms with E-state index in [9.17, 15) is 9.59 Å². The summed E-state index contributed by atoms with van der Waals surface area (Å²) in [6, 6.07) is 6.97. The van der Waals surface area contributed by atoms with Gasteiger partial charge in [-0.3, -0.25) is 9.59 Å². The Kier molecular flexibility index (Phi) is 8.11. The molecule has 0 atom stereocenters. The van der Waals surface area contributed by atoms with Crippen molar-refractivity contribution >= 4 is 17.5 Å². The summed E-state index contributed by atoms with van der Waals surface area (Å²) in [6.45, 7) is 6.13. The Morgan fingerprint density at radius 1 is 1.13 bits per heavy atom. The number of ether oxygens (including phenoxy) is 1. The summed E-state index contributed by atoms with van der Waals surface area (Å²) in [6.07, 6.45) is 0.800. The highest BCUT2D eigenvalue weighted by molar-refractivity contribution is 6.39. The minimum Gasteiger partial charge on any atom is -0.493 e. The summed E-state index contributed by atoms with van der Waals surface area (Å²) < 4.78 is 5.56. The fraction of sp³-hybridized carbons (Fsp3) is 0.529. The summed E-state index contributed by atoms with van der Waals surface area (Å²) >= 11 is 0. The molecule has 0 bridgehead atoms. The SMILES string of the molecule is CC(C)COc1ccc(NC(=O)C(=O)NCCCN(C)C)cc1. The van der Waals surface area contributed by atoms with Crippen LogP contribution in [0, 0.1) is 5.92 Å². The molecule has 6 nitrogen and oxygen atoms in total. The van der Waals surface area contributed by atoms with E-state index in [0.29, 0.717) is 24.8 Å². The summed E-state index contributed by atoms with van der Waals surface area (Å²) in [5, 5.41) is 5.17. The van der Waals surface area contributed by atoms with Crippen molar-refractivity contribution in [3.8, 4) is 5.75 Å². The quantitative estimate of drug-likeness (QED) is 0.565. The maximum Gasteiger partial charge on any atom is 0.313 e. The summed E-state index contributed by atoms with van der Waals surface area (Å²) in [5.74, 6) is -0.0926. The van der Waals surface area contributed by atoms with Crippen LogP contribution >= 0.6 is 0 Å². The van der Waals surface area contributed by atoms with Gasteiger partial charge in [0, 0.05) is 12.2 Å². The first-order valence-corrected chi connectivity index (χ1v) is 7.85. The van der Waals surface area contributed by atoms with Crippen LogP contribution in [-0.2, 0) is 9.59 Å². The van der Waals surface area contributed by atoms with Gasteiger partial charge in [0.15, 0.2) is 0 Å². The first kappa shape index (κ1) is 19.0. The molecular formula is C17H27N3O3. The Hall–Kier alpha value is -2.08. The molecule has 2 N–H and O–H groups in total. The van der Waals surface area contributed by atoms with E-state index in [2.05, 4.69) is 24.5 Å². The number of amides is 2. The van der Waals surface area contributed by atoms with E-state index in [4.69, 9.17) is 4.74 Å². The minimum absolute atomic E-state index is 0.450. The fourth-order valence-electron chi connectivity index (χ4n) is 1.76. The van der Waals surface area contributed by atoms with Gasteiger partial charge in [0.2, 0.25) is 0 Å². The normalized spacial score (nSPS) is 10.7. The predicted molar refractivity (Wildman–Crippen MR) is 91.6 cm³/mol. The monoisotopic (exact) mass is 321 g/mol. The maximum atomic E-state index is 11.8.